The maximum atomic E-state index is 12.0. The second-order valence-corrected chi connectivity index (χ2v) is 6.67. The molecule has 2 rings (SSSR count). The molecule has 1 aliphatic rings. The van der Waals surface area contributed by atoms with Crippen LogP contribution in [0, 0.1) is 0 Å². The van der Waals surface area contributed by atoms with Crippen molar-refractivity contribution in [2.75, 3.05) is 25.6 Å². The van der Waals surface area contributed by atoms with Gasteiger partial charge in [-0.3, -0.25) is 4.79 Å². The van der Waals surface area contributed by atoms with Gasteiger partial charge >= 0.3 is 0 Å². The van der Waals surface area contributed by atoms with E-state index >= 15 is 0 Å². The number of nitrogens with one attached hydrogen (secondary N) is 1. The van der Waals surface area contributed by atoms with Gasteiger partial charge in [0.2, 0.25) is 5.91 Å². The maximum Gasteiger partial charge on any atom is 0.221 e. The quantitative estimate of drug-likeness (QED) is 0.787. The van der Waals surface area contributed by atoms with E-state index in [0.29, 0.717) is 43.3 Å². The first-order valence-corrected chi connectivity index (χ1v) is 8.38. The van der Waals surface area contributed by atoms with E-state index in [4.69, 9.17) is 16.3 Å². The molecule has 1 saturated heterocycles. The highest BCUT2D eigenvalue weighted by Crippen LogP contribution is 2.27. The summed E-state index contributed by atoms with van der Waals surface area (Å²) in [5.74, 6) is 0.624. The van der Waals surface area contributed by atoms with Gasteiger partial charge in [0.1, 0.15) is 0 Å². The van der Waals surface area contributed by atoms with Crippen molar-refractivity contribution in [2.24, 2.45) is 0 Å². The predicted octanol–water partition coefficient (Wildman–Crippen LogP) is 2.48. The fourth-order valence-electron chi connectivity index (χ4n) is 2.26. The molecule has 21 heavy (non-hydrogen) atoms. The summed E-state index contributed by atoms with van der Waals surface area (Å²) >= 11 is 7.64. The summed E-state index contributed by atoms with van der Waals surface area (Å²) in [6.07, 6.45) is 1.72. The summed E-state index contributed by atoms with van der Waals surface area (Å²) in [7, 11) is 0. The number of hydrogen-bond acceptors (Lipinski definition) is 4. The molecule has 1 aromatic rings. The Morgan fingerprint density at radius 3 is 2.76 bits per heavy atom. The van der Waals surface area contributed by atoms with E-state index < -0.39 is 5.54 Å². The van der Waals surface area contributed by atoms with Crippen molar-refractivity contribution in [1.82, 2.24) is 5.32 Å². The number of amides is 1. The minimum atomic E-state index is -0.510. The molecule has 4 nitrogen and oxygen atoms in total. The first-order valence-electron chi connectivity index (χ1n) is 7.02. The van der Waals surface area contributed by atoms with Crippen molar-refractivity contribution in [3.63, 3.8) is 0 Å². The van der Waals surface area contributed by atoms with Crippen LogP contribution in [0.3, 0.4) is 0 Å². The van der Waals surface area contributed by atoms with Crippen LogP contribution in [0.1, 0.15) is 19.3 Å². The molecule has 1 aromatic carbocycles. The Bertz CT molecular complexity index is 478. The van der Waals surface area contributed by atoms with E-state index in [1.165, 1.54) is 0 Å². The van der Waals surface area contributed by atoms with Crippen LogP contribution in [0.25, 0.3) is 0 Å². The monoisotopic (exact) mass is 329 g/mol. The van der Waals surface area contributed by atoms with E-state index in [1.807, 2.05) is 24.3 Å². The molecule has 6 heteroatoms. The largest absolute Gasteiger partial charge is 0.394 e. The molecule has 2 N–H and O–H groups in total. The van der Waals surface area contributed by atoms with Crippen LogP contribution in [-0.2, 0) is 9.53 Å². The Labute approximate surface area is 134 Å². The molecule has 1 amide bonds. The van der Waals surface area contributed by atoms with E-state index in [0.717, 1.165) is 4.90 Å². The molecule has 0 aromatic heterocycles. The van der Waals surface area contributed by atoms with Crippen molar-refractivity contribution in [2.45, 2.75) is 29.7 Å². The fraction of sp³-hybridized carbons (Fsp3) is 0.533. The molecule has 1 heterocycles. The minimum absolute atomic E-state index is 0.0366. The lowest BCUT2D eigenvalue weighted by Crippen LogP contribution is -2.54. The molecule has 0 unspecified atom stereocenters. The van der Waals surface area contributed by atoms with Gasteiger partial charge in [0.25, 0.3) is 0 Å². The highest BCUT2D eigenvalue weighted by Gasteiger charge is 2.33. The summed E-state index contributed by atoms with van der Waals surface area (Å²) in [6.45, 7) is 1.12. The fourth-order valence-corrected chi connectivity index (χ4v) is 3.45. The number of aliphatic hydroxyl groups is 1. The van der Waals surface area contributed by atoms with Crippen molar-refractivity contribution in [3.8, 4) is 0 Å². The predicted molar refractivity (Wildman–Crippen MR) is 84.8 cm³/mol. The molecule has 0 bridgehead atoms. The second-order valence-electron chi connectivity index (χ2n) is 5.13. The Morgan fingerprint density at radius 1 is 1.38 bits per heavy atom. The topological polar surface area (TPSA) is 58.6 Å². The third-order valence-electron chi connectivity index (χ3n) is 3.58. The molecule has 116 valence electrons. The molecule has 1 fully saturated rings. The van der Waals surface area contributed by atoms with Gasteiger partial charge in [-0.15, -0.1) is 11.8 Å². The van der Waals surface area contributed by atoms with Gasteiger partial charge in [0, 0.05) is 30.3 Å². The Balaban J connectivity index is 1.78. The van der Waals surface area contributed by atoms with Gasteiger partial charge in [-0.05, 0) is 25.0 Å². The Hall–Kier alpha value is -0.750. The van der Waals surface area contributed by atoms with Gasteiger partial charge in [-0.1, -0.05) is 23.7 Å². The smallest absolute Gasteiger partial charge is 0.221 e. The van der Waals surface area contributed by atoms with Crippen molar-refractivity contribution in [1.29, 1.82) is 0 Å². The average molecular weight is 330 g/mol. The first kappa shape index (κ1) is 16.6. The van der Waals surface area contributed by atoms with Gasteiger partial charge in [0.05, 0.1) is 17.2 Å². The molecule has 0 saturated carbocycles. The number of benzene rings is 1. The lowest BCUT2D eigenvalue weighted by Gasteiger charge is -2.36. The van der Waals surface area contributed by atoms with Gasteiger partial charge in [-0.25, -0.2) is 0 Å². The Kier molecular flexibility index (Phi) is 6.36. The van der Waals surface area contributed by atoms with Crippen molar-refractivity contribution in [3.05, 3.63) is 29.3 Å². The van der Waals surface area contributed by atoms with Crippen LogP contribution in [0.2, 0.25) is 5.02 Å². The zero-order valence-electron chi connectivity index (χ0n) is 11.8. The van der Waals surface area contributed by atoms with Crippen molar-refractivity contribution >= 4 is 29.3 Å². The third kappa shape index (κ3) is 4.88. The normalized spacial score (nSPS) is 17.4. The highest BCUT2D eigenvalue weighted by molar-refractivity contribution is 7.99. The number of halogens is 1. The van der Waals surface area contributed by atoms with Gasteiger partial charge in [-0.2, -0.15) is 0 Å². The number of aliphatic hydroxyl groups excluding tert-OH is 1. The van der Waals surface area contributed by atoms with Gasteiger partial charge in [0.15, 0.2) is 0 Å². The number of thioether (sulfide) groups is 1. The summed E-state index contributed by atoms with van der Waals surface area (Å²) in [5.41, 5.74) is -0.510. The van der Waals surface area contributed by atoms with Crippen LogP contribution in [-0.4, -0.2) is 42.1 Å². The van der Waals surface area contributed by atoms with Crippen LogP contribution in [0.4, 0.5) is 0 Å². The minimum Gasteiger partial charge on any atom is -0.394 e. The lowest BCUT2D eigenvalue weighted by atomic mass is 9.91. The average Bonchev–Trinajstić information content (AvgIpc) is 2.50. The number of carbonyl (C=O) groups is 1. The SMILES string of the molecule is O=C(CCSc1ccccc1Cl)NC1(CO)CCOCC1. The lowest BCUT2D eigenvalue weighted by molar-refractivity contribution is -0.124. The number of ether oxygens (including phenoxy) is 1. The van der Waals surface area contributed by atoms with Crippen LogP contribution in [0.15, 0.2) is 29.2 Å². The van der Waals surface area contributed by atoms with E-state index in [1.54, 1.807) is 11.8 Å². The van der Waals surface area contributed by atoms with Crippen LogP contribution in [0.5, 0.6) is 0 Å². The van der Waals surface area contributed by atoms with Crippen molar-refractivity contribution < 1.29 is 14.6 Å². The number of hydrogen-bond donors (Lipinski definition) is 2. The summed E-state index contributed by atoms with van der Waals surface area (Å²) in [6, 6.07) is 7.59. The molecular formula is C15H20ClNO3S. The van der Waals surface area contributed by atoms with E-state index in [9.17, 15) is 9.90 Å². The first-order chi connectivity index (χ1) is 10.2. The second kappa shape index (κ2) is 8.03. The zero-order chi connectivity index (χ0) is 15.1. The standard InChI is InChI=1S/C15H20ClNO3S/c16-12-3-1-2-4-13(12)21-10-5-14(19)17-15(11-18)6-8-20-9-7-15/h1-4,18H,5-11H2,(H,17,19). The highest BCUT2D eigenvalue weighted by atomic mass is 35.5. The Morgan fingerprint density at radius 2 is 2.10 bits per heavy atom. The molecule has 0 aliphatic carbocycles. The molecule has 0 atom stereocenters. The summed E-state index contributed by atoms with van der Waals surface area (Å²) < 4.78 is 5.28. The zero-order valence-corrected chi connectivity index (χ0v) is 13.4. The number of rotatable bonds is 6. The molecule has 1 aliphatic heterocycles. The van der Waals surface area contributed by atoms with E-state index in [2.05, 4.69) is 5.32 Å². The number of carbonyl (C=O) groups excluding carboxylic acids is 1. The summed E-state index contributed by atoms with van der Waals surface area (Å²) in [5, 5.41) is 13.2. The van der Waals surface area contributed by atoms with Gasteiger partial charge < -0.3 is 15.2 Å². The van der Waals surface area contributed by atoms with Crippen LogP contribution >= 0.6 is 23.4 Å². The molecular weight excluding hydrogens is 310 g/mol. The third-order valence-corrected chi connectivity index (χ3v) is 5.10. The molecule has 0 radical (unpaired) electrons. The van der Waals surface area contributed by atoms with Crippen LogP contribution < -0.4 is 5.32 Å². The molecule has 0 spiro atoms. The summed E-state index contributed by atoms with van der Waals surface area (Å²) in [4.78, 5) is 13.0. The van der Waals surface area contributed by atoms with E-state index in [-0.39, 0.29) is 12.5 Å². The maximum absolute atomic E-state index is 12.0.